The van der Waals surface area contributed by atoms with Crippen molar-refractivity contribution in [2.45, 2.75) is 62.5 Å². The second-order valence-electron chi connectivity index (χ2n) is 10.6. The van der Waals surface area contributed by atoms with Crippen LogP contribution in [-0.2, 0) is 42.2 Å². The van der Waals surface area contributed by atoms with Crippen LogP contribution in [0.25, 0.3) is 0 Å². The molecule has 0 bridgehead atoms. The lowest BCUT2D eigenvalue weighted by molar-refractivity contribution is -0.0193. The summed E-state index contributed by atoms with van der Waals surface area (Å²) >= 11 is 0. The number of carbonyl (C=O) groups excluding carboxylic acids is 2. The Morgan fingerprint density at radius 3 is 2.49 bits per heavy atom. The Balaban J connectivity index is 2.01. The quantitative estimate of drug-likeness (QED) is 0.0214. The predicted octanol–water partition coefficient (Wildman–Crippen LogP) is 3.54. The van der Waals surface area contributed by atoms with Crippen molar-refractivity contribution in [3.05, 3.63) is 0 Å². The number of amides is 2. The van der Waals surface area contributed by atoms with E-state index in [-0.39, 0.29) is 36.6 Å². The van der Waals surface area contributed by atoms with Crippen molar-refractivity contribution in [3.8, 4) is 11.7 Å². The van der Waals surface area contributed by atoms with Gasteiger partial charge in [0.15, 0.2) is 0 Å². The van der Waals surface area contributed by atoms with Crippen LogP contribution in [0.2, 0.25) is 0 Å². The van der Waals surface area contributed by atoms with Crippen LogP contribution < -0.4 is 16.4 Å². The Kier molecular flexibility index (Phi) is 29.3. The van der Waals surface area contributed by atoms with E-state index in [2.05, 4.69) is 36.2 Å². The van der Waals surface area contributed by atoms with Crippen molar-refractivity contribution >= 4 is 70.9 Å². The third-order valence-electron chi connectivity index (χ3n) is 6.14. The highest BCUT2D eigenvalue weighted by molar-refractivity contribution is 8.77. The summed E-state index contributed by atoms with van der Waals surface area (Å²) in [5, 5.41) is 5.24. The first-order valence-corrected chi connectivity index (χ1v) is 21.9. The number of ether oxygens (including phenoxy) is 7. The standard InChI is InChI=1S/C28H50BN3O12PS4/c1-28(2,7-14-41-27(34)32-11-16-38-18-17-37-15-9-30)49-48-21-39-12-4-5-13-40-26(33)31-10-6-8-29-25-19-23(42-22-47-46-3)24(44-25)20-43-45(35)36/h23-25H,4-5,7,9-22,30H2,1-3H3,(H2-,31,32,33,34,35,36)/p+1/t23?,24-,25-/m1/s1. The highest BCUT2D eigenvalue weighted by atomic mass is 33.1. The molecule has 4 atom stereocenters. The van der Waals surface area contributed by atoms with Crippen molar-refractivity contribution in [2.75, 3.05) is 90.6 Å². The molecule has 0 aromatic carbocycles. The molecule has 0 aliphatic carbocycles. The molecule has 1 fully saturated rings. The van der Waals surface area contributed by atoms with E-state index in [4.69, 9.17) is 48.3 Å². The third-order valence-corrected chi connectivity index (χ3v) is 11.0. The van der Waals surface area contributed by atoms with Gasteiger partial charge in [0, 0.05) is 35.0 Å². The normalized spacial score (nSPS) is 17.6. The van der Waals surface area contributed by atoms with E-state index in [1.54, 1.807) is 50.5 Å². The van der Waals surface area contributed by atoms with Gasteiger partial charge in [-0.3, -0.25) is 0 Å². The highest BCUT2D eigenvalue weighted by Crippen LogP contribution is 2.38. The Labute approximate surface area is 307 Å². The molecule has 1 heterocycles. The molecule has 0 spiro atoms. The van der Waals surface area contributed by atoms with Gasteiger partial charge in [-0.1, -0.05) is 49.1 Å². The van der Waals surface area contributed by atoms with Gasteiger partial charge in [-0.15, -0.1) is 9.42 Å². The van der Waals surface area contributed by atoms with Crippen LogP contribution in [0, 0.1) is 11.7 Å². The average molecular weight is 792 g/mol. The minimum absolute atomic E-state index is 0.0550. The summed E-state index contributed by atoms with van der Waals surface area (Å²) in [6, 6.07) is -0.325. The summed E-state index contributed by atoms with van der Waals surface area (Å²) < 4.78 is 53.8. The minimum Gasteiger partial charge on any atom is -0.450 e. The fourth-order valence-corrected chi connectivity index (χ4v) is 7.04. The van der Waals surface area contributed by atoms with Gasteiger partial charge in [-0.2, -0.15) is 5.82 Å². The van der Waals surface area contributed by atoms with E-state index in [0.29, 0.717) is 83.9 Å². The number of carbonyl (C=O) groups is 2. The van der Waals surface area contributed by atoms with Crippen molar-refractivity contribution in [3.63, 3.8) is 0 Å². The smallest absolute Gasteiger partial charge is 0.450 e. The first-order valence-electron chi connectivity index (χ1n) is 15.8. The Morgan fingerprint density at radius 2 is 1.73 bits per heavy atom. The maximum absolute atomic E-state index is 11.9. The molecule has 281 valence electrons. The van der Waals surface area contributed by atoms with Crippen LogP contribution in [0.5, 0.6) is 0 Å². The zero-order chi connectivity index (χ0) is 36.0. The zero-order valence-electron chi connectivity index (χ0n) is 28.4. The molecule has 2 unspecified atom stereocenters. The zero-order valence-corrected chi connectivity index (χ0v) is 32.6. The second kappa shape index (κ2) is 30.9. The van der Waals surface area contributed by atoms with E-state index in [1.807, 2.05) is 6.26 Å². The molecule has 5 N–H and O–H groups in total. The lowest BCUT2D eigenvalue weighted by atomic mass is 9.71. The molecular weight excluding hydrogens is 740 g/mol. The lowest BCUT2D eigenvalue weighted by Gasteiger charge is -2.22. The molecule has 1 rings (SSSR count). The fourth-order valence-electron chi connectivity index (χ4n) is 3.71. The summed E-state index contributed by atoms with van der Waals surface area (Å²) in [4.78, 5) is 32.6. The third kappa shape index (κ3) is 27.6. The minimum atomic E-state index is -2.72. The van der Waals surface area contributed by atoms with Crippen LogP contribution in [0.15, 0.2) is 0 Å². The number of nitrogens with one attached hydrogen (secondary N) is 2. The van der Waals surface area contributed by atoms with Gasteiger partial charge in [0.1, 0.15) is 24.6 Å². The van der Waals surface area contributed by atoms with Crippen molar-refractivity contribution in [2.24, 2.45) is 5.73 Å². The number of hydrogen-bond acceptors (Lipinski definition) is 16. The Bertz CT molecular complexity index is 973. The highest BCUT2D eigenvalue weighted by Gasteiger charge is 2.38. The second-order valence-corrected chi connectivity index (χ2v) is 16.8. The molecular formula is C28H51BN3O12PS4+. The average Bonchev–Trinajstić information content (AvgIpc) is 3.45. The Morgan fingerprint density at radius 1 is 1.00 bits per heavy atom. The van der Waals surface area contributed by atoms with E-state index >= 15 is 0 Å². The van der Waals surface area contributed by atoms with Gasteiger partial charge in [0.25, 0.3) is 7.28 Å². The molecule has 21 heteroatoms. The topological polar surface area (TPSA) is 195 Å². The van der Waals surface area contributed by atoms with Crippen LogP contribution >= 0.6 is 51.4 Å². The van der Waals surface area contributed by atoms with Crippen molar-refractivity contribution in [1.82, 2.24) is 10.6 Å². The number of unbranched alkanes of at least 4 members (excludes halogenated alkanes) is 1. The molecule has 15 nitrogen and oxygen atoms in total. The first-order chi connectivity index (χ1) is 23.7. The largest absolute Gasteiger partial charge is 0.694 e. The van der Waals surface area contributed by atoms with Crippen LogP contribution in [0.4, 0.5) is 9.59 Å². The van der Waals surface area contributed by atoms with Gasteiger partial charge in [0.05, 0.1) is 52.3 Å². The predicted molar refractivity (Wildman–Crippen MR) is 197 cm³/mol. The van der Waals surface area contributed by atoms with Crippen molar-refractivity contribution in [1.29, 1.82) is 0 Å². The number of nitrogens with two attached hydrogens (primary N) is 1. The molecule has 0 aromatic heterocycles. The first kappa shape index (κ1) is 46.4. The van der Waals surface area contributed by atoms with E-state index < -0.39 is 26.5 Å². The molecule has 1 saturated heterocycles. The van der Waals surface area contributed by atoms with Gasteiger partial charge < -0.3 is 49.5 Å². The number of rotatable bonds is 29. The lowest BCUT2D eigenvalue weighted by Crippen LogP contribution is -2.29. The van der Waals surface area contributed by atoms with Gasteiger partial charge in [-0.25, -0.2) is 9.59 Å². The van der Waals surface area contributed by atoms with Crippen molar-refractivity contribution < 1.29 is 56.7 Å². The molecule has 0 aromatic rings. The molecule has 2 amide bonds. The fraction of sp³-hybridized carbons (Fsp3) is 0.857. The summed E-state index contributed by atoms with van der Waals surface area (Å²) in [6.07, 6.45) is 2.81. The van der Waals surface area contributed by atoms with Crippen LogP contribution in [0.3, 0.4) is 0 Å². The van der Waals surface area contributed by atoms with E-state index in [1.165, 1.54) is 0 Å². The number of alkyl carbamates (subject to hydrolysis) is 2. The van der Waals surface area contributed by atoms with Gasteiger partial charge in [0.2, 0.25) is 0 Å². The SMILES string of the molecule is CSSCOC1C[C@H]([B]C#CCNC(=O)OCCCCOCSSC(C)(C)CCOC(=O)NCCOCCOCCN)O[C@@H]1CO[P+](=O)O. The monoisotopic (exact) mass is 791 g/mol. The molecule has 49 heavy (non-hydrogen) atoms. The maximum Gasteiger partial charge on any atom is 0.694 e. The summed E-state index contributed by atoms with van der Waals surface area (Å²) in [5.74, 6) is 6.66. The van der Waals surface area contributed by atoms with Gasteiger partial charge >= 0.3 is 20.4 Å². The Hall–Kier alpha value is -0.655. The van der Waals surface area contributed by atoms with E-state index in [9.17, 15) is 14.2 Å². The van der Waals surface area contributed by atoms with Gasteiger partial charge in [-0.05, 0) is 45.8 Å². The summed E-state index contributed by atoms with van der Waals surface area (Å²) in [6.45, 7) is 7.98. The molecule has 1 aliphatic heterocycles. The van der Waals surface area contributed by atoms with E-state index in [0.717, 1.165) is 6.42 Å². The molecule has 1 aliphatic rings. The molecule has 1 radical (unpaired) electrons. The van der Waals surface area contributed by atoms with Crippen LogP contribution in [-0.4, -0.2) is 138 Å². The maximum atomic E-state index is 11.9. The summed E-state index contributed by atoms with van der Waals surface area (Å²) in [7, 11) is 5.34. The molecule has 0 saturated carbocycles. The van der Waals surface area contributed by atoms with Crippen LogP contribution in [0.1, 0.15) is 39.5 Å². The number of hydrogen-bond donors (Lipinski definition) is 4. The summed E-state index contributed by atoms with van der Waals surface area (Å²) in [5.41, 5.74) is 5.33.